The summed E-state index contributed by atoms with van der Waals surface area (Å²) in [7, 11) is -3.56. The molecule has 0 atom stereocenters. The zero-order valence-electron chi connectivity index (χ0n) is 16.5. The van der Waals surface area contributed by atoms with E-state index >= 15 is 0 Å². The Morgan fingerprint density at radius 2 is 1.54 bits per heavy atom. The van der Waals surface area contributed by atoms with Gasteiger partial charge in [0.05, 0.1) is 4.90 Å². The van der Waals surface area contributed by atoms with Crippen LogP contribution in [-0.4, -0.2) is 56.3 Å². The van der Waals surface area contributed by atoms with Crippen LogP contribution in [0.15, 0.2) is 47.4 Å². The molecule has 1 aliphatic heterocycles. The van der Waals surface area contributed by atoms with Gasteiger partial charge in [-0.2, -0.15) is 4.31 Å². The van der Waals surface area contributed by atoms with Gasteiger partial charge >= 0.3 is 0 Å². The molecule has 0 bridgehead atoms. The van der Waals surface area contributed by atoms with Crippen LogP contribution >= 0.6 is 0 Å². The number of hydrogen-bond donors (Lipinski definition) is 0. The molecule has 3 rings (SSSR count). The molecule has 150 valence electrons. The number of carbonyl (C=O) groups is 1. The molecule has 1 heterocycles. The Kier molecular flexibility index (Phi) is 6.05. The van der Waals surface area contributed by atoms with E-state index in [9.17, 15) is 13.2 Å². The molecule has 1 fully saturated rings. The van der Waals surface area contributed by atoms with Crippen LogP contribution in [0.25, 0.3) is 0 Å². The van der Waals surface area contributed by atoms with E-state index in [1.807, 2.05) is 50.2 Å². The Morgan fingerprint density at radius 3 is 2.18 bits per heavy atom. The van der Waals surface area contributed by atoms with Crippen molar-refractivity contribution in [3.63, 3.8) is 0 Å². The summed E-state index contributed by atoms with van der Waals surface area (Å²) in [4.78, 5) is 14.4. The molecule has 6 nitrogen and oxygen atoms in total. The fraction of sp³-hybridized carbons (Fsp3) is 0.381. The number of ether oxygens (including phenoxy) is 1. The van der Waals surface area contributed by atoms with Gasteiger partial charge in [0.2, 0.25) is 10.0 Å². The summed E-state index contributed by atoms with van der Waals surface area (Å²) in [5, 5.41) is 0. The predicted molar refractivity (Wildman–Crippen MR) is 108 cm³/mol. The standard InChI is InChI=1S/C21H26N2O4S/c1-16-5-8-19(9-6-16)27-15-21(24)22-10-12-23(13-11-22)28(25,26)20-14-17(2)4-7-18(20)3/h4-9,14H,10-13,15H2,1-3H3. The maximum atomic E-state index is 13.0. The van der Waals surface area contributed by atoms with E-state index in [-0.39, 0.29) is 25.6 Å². The Morgan fingerprint density at radius 1 is 0.929 bits per heavy atom. The molecular formula is C21H26N2O4S. The summed E-state index contributed by atoms with van der Waals surface area (Å²) in [6.07, 6.45) is 0. The molecule has 0 radical (unpaired) electrons. The van der Waals surface area contributed by atoms with Gasteiger partial charge in [0.15, 0.2) is 6.61 Å². The third-order valence-electron chi connectivity index (χ3n) is 4.94. The molecule has 0 spiro atoms. The van der Waals surface area contributed by atoms with Crippen molar-refractivity contribution in [1.29, 1.82) is 0 Å². The molecule has 0 N–H and O–H groups in total. The third-order valence-corrected chi connectivity index (χ3v) is 6.98. The molecule has 1 amide bonds. The van der Waals surface area contributed by atoms with Crippen LogP contribution in [0.2, 0.25) is 0 Å². The van der Waals surface area contributed by atoms with Gasteiger partial charge in [-0.1, -0.05) is 29.8 Å². The van der Waals surface area contributed by atoms with Crippen LogP contribution in [0.4, 0.5) is 0 Å². The van der Waals surface area contributed by atoms with Gasteiger partial charge < -0.3 is 9.64 Å². The number of carbonyl (C=O) groups excluding carboxylic acids is 1. The number of benzene rings is 2. The molecule has 0 aliphatic carbocycles. The zero-order valence-corrected chi connectivity index (χ0v) is 17.3. The third kappa shape index (κ3) is 4.54. The van der Waals surface area contributed by atoms with Crippen LogP contribution in [0.1, 0.15) is 16.7 Å². The summed E-state index contributed by atoms with van der Waals surface area (Å²) >= 11 is 0. The SMILES string of the molecule is Cc1ccc(OCC(=O)N2CCN(S(=O)(=O)c3cc(C)ccc3C)CC2)cc1. The van der Waals surface area contributed by atoms with Gasteiger partial charge in [0, 0.05) is 26.2 Å². The summed E-state index contributed by atoms with van der Waals surface area (Å²) in [6.45, 7) is 6.91. The van der Waals surface area contributed by atoms with Gasteiger partial charge in [-0.05, 0) is 50.1 Å². The maximum Gasteiger partial charge on any atom is 0.260 e. The molecular weight excluding hydrogens is 376 g/mol. The second-order valence-corrected chi connectivity index (χ2v) is 9.06. The van der Waals surface area contributed by atoms with Gasteiger partial charge in [-0.3, -0.25) is 4.79 Å². The van der Waals surface area contributed by atoms with E-state index in [1.54, 1.807) is 17.9 Å². The number of aryl methyl sites for hydroxylation is 3. The Bertz CT molecular complexity index is 947. The van der Waals surface area contributed by atoms with Gasteiger partial charge in [-0.15, -0.1) is 0 Å². The van der Waals surface area contributed by atoms with E-state index in [2.05, 4.69) is 0 Å². The quantitative estimate of drug-likeness (QED) is 0.771. The Hall–Kier alpha value is -2.38. The molecule has 2 aromatic rings. The molecule has 7 heteroatoms. The fourth-order valence-corrected chi connectivity index (χ4v) is 4.90. The van der Waals surface area contributed by atoms with Gasteiger partial charge in [0.25, 0.3) is 5.91 Å². The van der Waals surface area contributed by atoms with E-state index in [0.29, 0.717) is 23.7 Å². The molecule has 1 aliphatic rings. The van der Waals surface area contributed by atoms with Crippen molar-refractivity contribution in [2.45, 2.75) is 25.7 Å². The van der Waals surface area contributed by atoms with E-state index in [0.717, 1.165) is 16.7 Å². The lowest BCUT2D eigenvalue weighted by atomic mass is 10.2. The number of hydrogen-bond acceptors (Lipinski definition) is 4. The number of piperazine rings is 1. The summed E-state index contributed by atoms with van der Waals surface area (Å²) in [6, 6.07) is 12.9. The smallest absolute Gasteiger partial charge is 0.260 e. The van der Waals surface area contributed by atoms with Crippen LogP contribution in [-0.2, 0) is 14.8 Å². The van der Waals surface area contributed by atoms with Crippen LogP contribution in [0.3, 0.4) is 0 Å². The van der Waals surface area contributed by atoms with Gasteiger partial charge in [-0.25, -0.2) is 8.42 Å². The van der Waals surface area contributed by atoms with Crippen LogP contribution in [0.5, 0.6) is 5.75 Å². The van der Waals surface area contributed by atoms with Crippen molar-refractivity contribution in [2.24, 2.45) is 0 Å². The van der Waals surface area contributed by atoms with Crippen molar-refractivity contribution in [1.82, 2.24) is 9.21 Å². The second kappa shape index (κ2) is 8.32. The second-order valence-electron chi connectivity index (χ2n) is 7.16. The molecule has 0 unspecified atom stereocenters. The largest absolute Gasteiger partial charge is 0.484 e. The Labute approximate surface area is 166 Å². The minimum absolute atomic E-state index is 0.0488. The van der Waals surface area contributed by atoms with Crippen molar-refractivity contribution < 1.29 is 17.9 Å². The molecule has 28 heavy (non-hydrogen) atoms. The van der Waals surface area contributed by atoms with Crippen molar-refractivity contribution >= 4 is 15.9 Å². The van der Waals surface area contributed by atoms with Gasteiger partial charge in [0.1, 0.15) is 5.75 Å². The monoisotopic (exact) mass is 402 g/mol. The lowest BCUT2D eigenvalue weighted by molar-refractivity contribution is -0.134. The molecule has 0 aromatic heterocycles. The van der Waals surface area contributed by atoms with E-state index in [1.165, 1.54) is 4.31 Å². The zero-order chi connectivity index (χ0) is 20.3. The summed E-state index contributed by atoms with van der Waals surface area (Å²) in [5.74, 6) is 0.513. The fourth-order valence-electron chi connectivity index (χ4n) is 3.17. The predicted octanol–water partition coefficient (Wildman–Crippen LogP) is 2.52. The highest BCUT2D eigenvalue weighted by atomic mass is 32.2. The first kappa shape index (κ1) is 20.4. The average molecular weight is 403 g/mol. The highest BCUT2D eigenvalue weighted by Crippen LogP contribution is 2.22. The number of sulfonamides is 1. The van der Waals surface area contributed by atoms with Crippen molar-refractivity contribution in [3.8, 4) is 5.75 Å². The topological polar surface area (TPSA) is 66.9 Å². The first-order chi connectivity index (χ1) is 13.3. The van der Waals surface area contributed by atoms with Crippen molar-refractivity contribution in [2.75, 3.05) is 32.8 Å². The highest BCUT2D eigenvalue weighted by Gasteiger charge is 2.31. The summed E-state index contributed by atoms with van der Waals surface area (Å²) < 4.78 is 32.9. The lowest BCUT2D eigenvalue weighted by Crippen LogP contribution is -2.51. The van der Waals surface area contributed by atoms with Crippen molar-refractivity contribution in [3.05, 3.63) is 59.2 Å². The van der Waals surface area contributed by atoms with Crippen LogP contribution in [0, 0.1) is 20.8 Å². The highest BCUT2D eigenvalue weighted by molar-refractivity contribution is 7.89. The number of rotatable bonds is 5. The molecule has 0 saturated carbocycles. The van der Waals surface area contributed by atoms with E-state index in [4.69, 9.17) is 4.74 Å². The summed E-state index contributed by atoms with van der Waals surface area (Å²) in [5.41, 5.74) is 2.77. The first-order valence-electron chi connectivity index (χ1n) is 9.32. The normalized spacial score (nSPS) is 15.5. The number of amides is 1. The first-order valence-corrected chi connectivity index (χ1v) is 10.8. The molecule has 1 saturated heterocycles. The average Bonchev–Trinajstić information content (AvgIpc) is 2.69. The van der Waals surface area contributed by atoms with Crippen LogP contribution < -0.4 is 4.74 Å². The lowest BCUT2D eigenvalue weighted by Gasteiger charge is -2.34. The minimum atomic E-state index is -3.56. The maximum absolute atomic E-state index is 13.0. The molecule has 2 aromatic carbocycles. The van der Waals surface area contributed by atoms with E-state index < -0.39 is 10.0 Å². The number of nitrogens with zero attached hydrogens (tertiary/aromatic N) is 2. The Balaban J connectivity index is 1.58. The minimum Gasteiger partial charge on any atom is -0.484 e.